The van der Waals surface area contributed by atoms with Crippen LogP contribution in [0.1, 0.15) is 11.3 Å². The topological polar surface area (TPSA) is 72.8 Å². The highest BCUT2D eigenvalue weighted by atomic mass is 32.1. The van der Waals surface area contributed by atoms with Gasteiger partial charge in [0.15, 0.2) is 0 Å². The van der Waals surface area contributed by atoms with Crippen molar-refractivity contribution in [2.45, 2.75) is 6.92 Å². The first-order valence-electron chi connectivity index (χ1n) is 4.91. The number of aromatic nitrogens is 2. The molecule has 0 aliphatic rings. The molecule has 0 aromatic carbocycles. The van der Waals surface area contributed by atoms with Crippen LogP contribution in [0, 0.1) is 18.3 Å². The summed E-state index contributed by atoms with van der Waals surface area (Å²) in [6, 6.07) is 5.46. The summed E-state index contributed by atoms with van der Waals surface area (Å²) in [5, 5.41) is 11.8. The van der Waals surface area contributed by atoms with Crippen molar-refractivity contribution in [2.24, 2.45) is 0 Å². The molecule has 2 aromatic heterocycles. The van der Waals surface area contributed by atoms with Gasteiger partial charge in [0.25, 0.3) is 0 Å². The highest BCUT2D eigenvalue weighted by Gasteiger charge is 2.11. The van der Waals surface area contributed by atoms with Gasteiger partial charge in [0.1, 0.15) is 17.6 Å². The summed E-state index contributed by atoms with van der Waals surface area (Å²) >= 11 is 1.56. The molecule has 0 unspecified atom stereocenters. The minimum absolute atomic E-state index is 0.209. The van der Waals surface area contributed by atoms with Crippen LogP contribution in [0.4, 0.5) is 10.8 Å². The van der Waals surface area contributed by atoms with Crippen molar-refractivity contribution in [3.05, 3.63) is 39.3 Å². The lowest BCUT2D eigenvalue weighted by molar-refractivity contribution is 1.01. The number of hydrogen-bond acceptors (Lipinski definition) is 5. The Bertz CT molecular complexity index is 637. The fourth-order valence-corrected chi connectivity index (χ4v) is 2.40. The van der Waals surface area contributed by atoms with Crippen LogP contribution in [-0.4, -0.2) is 17.0 Å². The van der Waals surface area contributed by atoms with E-state index in [-0.39, 0.29) is 5.69 Å². The number of nitrogens with one attached hydrogen (secondary N) is 1. The van der Waals surface area contributed by atoms with E-state index in [1.54, 1.807) is 22.3 Å². The first-order valence-corrected chi connectivity index (χ1v) is 5.79. The molecule has 2 heterocycles. The molecule has 0 fully saturated rings. The van der Waals surface area contributed by atoms with Gasteiger partial charge in [-0.2, -0.15) is 10.2 Å². The maximum atomic E-state index is 11.3. The monoisotopic (exact) mass is 246 g/mol. The molecular formula is C11H10N4OS. The van der Waals surface area contributed by atoms with Gasteiger partial charge in [0.05, 0.1) is 5.00 Å². The summed E-state index contributed by atoms with van der Waals surface area (Å²) in [5.74, 6) is 0.468. The molecule has 0 aliphatic heterocycles. The molecule has 0 radical (unpaired) electrons. The van der Waals surface area contributed by atoms with Gasteiger partial charge in [-0.05, 0) is 23.9 Å². The molecule has 1 N–H and O–H groups in total. The third-order valence-electron chi connectivity index (χ3n) is 2.33. The van der Waals surface area contributed by atoms with Crippen molar-refractivity contribution >= 4 is 22.2 Å². The normalized spacial score (nSPS) is 9.94. The van der Waals surface area contributed by atoms with E-state index >= 15 is 0 Å². The lowest BCUT2D eigenvalue weighted by Gasteiger charge is -2.16. The number of aryl methyl sites for hydroxylation is 1. The molecule has 86 valence electrons. The Balaban J connectivity index is 2.48. The van der Waals surface area contributed by atoms with E-state index in [1.807, 2.05) is 31.5 Å². The minimum Gasteiger partial charge on any atom is -0.321 e. The summed E-state index contributed by atoms with van der Waals surface area (Å²) in [6.45, 7) is 1.99. The Morgan fingerprint density at radius 2 is 2.35 bits per heavy atom. The maximum absolute atomic E-state index is 11.3. The Hall–Kier alpha value is -2.13. The SMILES string of the molecule is Cc1ccsc1N(C)c1cc(C#N)[nH]c(=O)n1. The van der Waals surface area contributed by atoms with Crippen LogP contribution in [-0.2, 0) is 0 Å². The second kappa shape index (κ2) is 4.39. The van der Waals surface area contributed by atoms with Crippen LogP contribution < -0.4 is 10.6 Å². The van der Waals surface area contributed by atoms with E-state index in [1.165, 1.54) is 0 Å². The predicted octanol–water partition coefficient (Wildman–Crippen LogP) is 1.78. The van der Waals surface area contributed by atoms with Crippen molar-refractivity contribution in [1.82, 2.24) is 9.97 Å². The lowest BCUT2D eigenvalue weighted by Crippen LogP contribution is -2.19. The molecular weight excluding hydrogens is 236 g/mol. The van der Waals surface area contributed by atoms with Gasteiger partial charge in [-0.25, -0.2) is 4.79 Å². The second-order valence-electron chi connectivity index (χ2n) is 3.54. The number of nitrogens with zero attached hydrogens (tertiary/aromatic N) is 3. The van der Waals surface area contributed by atoms with Crippen LogP contribution in [0.15, 0.2) is 22.3 Å². The van der Waals surface area contributed by atoms with Crippen molar-refractivity contribution in [3.63, 3.8) is 0 Å². The molecule has 0 saturated carbocycles. The quantitative estimate of drug-likeness (QED) is 0.876. The van der Waals surface area contributed by atoms with Crippen molar-refractivity contribution < 1.29 is 0 Å². The van der Waals surface area contributed by atoms with E-state index in [4.69, 9.17) is 5.26 Å². The minimum atomic E-state index is -0.514. The van der Waals surface area contributed by atoms with Crippen molar-refractivity contribution in [3.8, 4) is 6.07 Å². The number of anilines is 2. The first-order chi connectivity index (χ1) is 8.11. The standard InChI is InChI=1S/C11H10N4OS/c1-7-3-4-17-10(7)15(2)9-5-8(6-12)13-11(16)14-9/h3-5H,1-2H3,(H,13,14,16). The molecule has 0 atom stereocenters. The molecule has 0 bridgehead atoms. The average molecular weight is 246 g/mol. The Morgan fingerprint density at radius 3 is 2.94 bits per heavy atom. The largest absolute Gasteiger partial charge is 0.347 e. The second-order valence-corrected chi connectivity index (χ2v) is 4.43. The van der Waals surface area contributed by atoms with E-state index in [0.29, 0.717) is 5.82 Å². The molecule has 2 rings (SSSR count). The van der Waals surface area contributed by atoms with Gasteiger partial charge in [-0.15, -0.1) is 11.3 Å². The average Bonchev–Trinajstić information content (AvgIpc) is 2.73. The number of aromatic amines is 1. The third-order valence-corrected chi connectivity index (χ3v) is 3.43. The van der Waals surface area contributed by atoms with Gasteiger partial charge in [-0.3, -0.25) is 4.98 Å². The zero-order chi connectivity index (χ0) is 12.4. The highest BCUT2D eigenvalue weighted by Crippen LogP contribution is 2.30. The number of thiophene rings is 1. The Labute approximate surface area is 102 Å². The first kappa shape index (κ1) is 11.4. The summed E-state index contributed by atoms with van der Waals surface area (Å²) in [7, 11) is 1.82. The van der Waals surface area contributed by atoms with Gasteiger partial charge >= 0.3 is 5.69 Å². The van der Waals surface area contributed by atoms with Crippen LogP contribution >= 0.6 is 11.3 Å². The highest BCUT2D eigenvalue weighted by molar-refractivity contribution is 7.14. The fourth-order valence-electron chi connectivity index (χ4n) is 1.49. The summed E-state index contributed by atoms with van der Waals surface area (Å²) < 4.78 is 0. The molecule has 5 nitrogen and oxygen atoms in total. The number of nitriles is 1. The van der Waals surface area contributed by atoms with E-state index in [0.717, 1.165) is 10.6 Å². The fraction of sp³-hybridized carbons (Fsp3) is 0.182. The smallest absolute Gasteiger partial charge is 0.321 e. The molecule has 0 aliphatic carbocycles. The molecule has 6 heteroatoms. The molecule has 2 aromatic rings. The van der Waals surface area contributed by atoms with E-state index < -0.39 is 5.69 Å². The summed E-state index contributed by atoms with van der Waals surface area (Å²) in [5.41, 5.74) is 0.805. The van der Waals surface area contributed by atoms with Gasteiger partial charge < -0.3 is 4.90 Å². The Morgan fingerprint density at radius 1 is 1.59 bits per heavy atom. The van der Waals surface area contributed by atoms with Crippen LogP contribution in [0.5, 0.6) is 0 Å². The molecule has 0 saturated heterocycles. The predicted molar refractivity (Wildman–Crippen MR) is 66.7 cm³/mol. The van der Waals surface area contributed by atoms with Gasteiger partial charge in [0.2, 0.25) is 0 Å². The molecule has 17 heavy (non-hydrogen) atoms. The number of rotatable bonds is 2. The van der Waals surface area contributed by atoms with E-state index in [2.05, 4.69) is 9.97 Å². The zero-order valence-corrected chi connectivity index (χ0v) is 10.2. The van der Waals surface area contributed by atoms with Crippen molar-refractivity contribution in [1.29, 1.82) is 5.26 Å². The molecule has 0 amide bonds. The lowest BCUT2D eigenvalue weighted by atomic mass is 10.3. The zero-order valence-electron chi connectivity index (χ0n) is 9.39. The third kappa shape index (κ3) is 2.19. The molecule has 0 spiro atoms. The van der Waals surface area contributed by atoms with Crippen molar-refractivity contribution in [2.75, 3.05) is 11.9 Å². The van der Waals surface area contributed by atoms with Crippen LogP contribution in [0.2, 0.25) is 0 Å². The summed E-state index contributed by atoms with van der Waals surface area (Å²) in [4.78, 5) is 19.3. The summed E-state index contributed by atoms with van der Waals surface area (Å²) in [6.07, 6.45) is 0. The number of hydrogen-bond donors (Lipinski definition) is 1. The Kier molecular flexibility index (Phi) is 2.93. The number of H-pyrrole nitrogens is 1. The van der Waals surface area contributed by atoms with Crippen LogP contribution in [0.25, 0.3) is 0 Å². The van der Waals surface area contributed by atoms with E-state index in [9.17, 15) is 4.79 Å². The van der Waals surface area contributed by atoms with Gasteiger partial charge in [-0.1, -0.05) is 0 Å². The van der Waals surface area contributed by atoms with Crippen LogP contribution in [0.3, 0.4) is 0 Å². The van der Waals surface area contributed by atoms with Gasteiger partial charge in [0, 0.05) is 13.1 Å². The maximum Gasteiger partial charge on any atom is 0.347 e.